The molecule has 7 heteroatoms. The number of hydrogen-bond acceptors (Lipinski definition) is 5. The summed E-state index contributed by atoms with van der Waals surface area (Å²) in [6.07, 6.45) is 1.63. The largest absolute Gasteiger partial charge is 0.377 e. The standard InChI is InChI=1S/C13H25FN2O4/c1-12(17)15-4-7-18-8-9-19-10-11-20-13-2-5-16(14)6-3-13/h13H,2-11H2,1H3,(H,15,17). The molecule has 0 atom stereocenters. The van der Waals surface area contributed by atoms with Crippen molar-refractivity contribution >= 4 is 5.91 Å². The van der Waals surface area contributed by atoms with Gasteiger partial charge in [0.25, 0.3) is 0 Å². The molecule has 0 bridgehead atoms. The van der Waals surface area contributed by atoms with Crippen molar-refractivity contribution in [2.45, 2.75) is 25.9 Å². The monoisotopic (exact) mass is 292 g/mol. The van der Waals surface area contributed by atoms with Gasteiger partial charge in [-0.05, 0) is 12.8 Å². The van der Waals surface area contributed by atoms with Crippen LogP contribution >= 0.6 is 0 Å². The van der Waals surface area contributed by atoms with E-state index in [1.54, 1.807) is 0 Å². The molecule has 1 N–H and O–H groups in total. The van der Waals surface area contributed by atoms with Gasteiger partial charge in [-0.3, -0.25) is 4.79 Å². The zero-order valence-electron chi connectivity index (χ0n) is 12.1. The summed E-state index contributed by atoms with van der Waals surface area (Å²) >= 11 is 0. The Bertz CT molecular complexity index is 261. The fraction of sp³-hybridized carbons (Fsp3) is 0.923. The van der Waals surface area contributed by atoms with Crippen LogP contribution in [-0.4, -0.2) is 69.8 Å². The molecule has 20 heavy (non-hydrogen) atoms. The summed E-state index contributed by atoms with van der Waals surface area (Å²) in [5, 5.41) is 3.47. The minimum Gasteiger partial charge on any atom is -0.377 e. The molecule has 1 saturated heterocycles. The van der Waals surface area contributed by atoms with Gasteiger partial charge in [-0.2, -0.15) is 0 Å². The highest BCUT2D eigenvalue weighted by atomic mass is 19.2. The van der Waals surface area contributed by atoms with Crippen LogP contribution in [0.25, 0.3) is 0 Å². The van der Waals surface area contributed by atoms with Crippen LogP contribution in [0.2, 0.25) is 0 Å². The Hall–Kier alpha value is -0.760. The Labute approximate surface area is 119 Å². The van der Waals surface area contributed by atoms with Gasteiger partial charge in [0.2, 0.25) is 5.91 Å². The van der Waals surface area contributed by atoms with Gasteiger partial charge in [-0.25, -0.2) is 0 Å². The maximum Gasteiger partial charge on any atom is 0.216 e. The van der Waals surface area contributed by atoms with E-state index in [-0.39, 0.29) is 12.0 Å². The third-order valence-electron chi connectivity index (χ3n) is 2.96. The van der Waals surface area contributed by atoms with Crippen LogP contribution in [0.5, 0.6) is 0 Å². The molecule has 1 fully saturated rings. The van der Waals surface area contributed by atoms with Crippen molar-refractivity contribution in [3.63, 3.8) is 0 Å². The van der Waals surface area contributed by atoms with Crippen molar-refractivity contribution in [3.05, 3.63) is 0 Å². The summed E-state index contributed by atoms with van der Waals surface area (Å²) < 4.78 is 28.9. The summed E-state index contributed by atoms with van der Waals surface area (Å²) in [6, 6.07) is 0. The van der Waals surface area contributed by atoms with Crippen molar-refractivity contribution in [2.75, 3.05) is 52.7 Å². The van der Waals surface area contributed by atoms with Gasteiger partial charge in [-0.15, -0.1) is 9.60 Å². The molecule has 0 aromatic carbocycles. The Morgan fingerprint density at radius 3 is 2.40 bits per heavy atom. The van der Waals surface area contributed by atoms with Crippen LogP contribution in [0.4, 0.5) is 4.48 Å². The second kappa shape index (κ2) is 11.0. The average Bonchev–Trinajstić information content (AvgIpc) is 2.42. The number of ether oxygens (including phenoxy) is 3. The predicted molar refractivity (Wildman–Crippen MR) is 72.0 cm³/mol. The molecule has 0 saturated carbocycles. The van der Waals surface area contributed by atoms with Crippen LogP contribution in [0.1, 0.15) is 19.8 Å². The lowest BCUT2D eigenvalue weighted by atomic mass is 10.1. The Kier molecular flexibility index (Phi) is 9.48. The van der Waals surface area contributed by atoms with Crippen LogP contribution < -0.4 is 5.32 Å². The van der Waals surface area contributed by atoms with Gasteiger partial charge in [0.15, 0.2) is 0 Å². The minimum atomic E-state index is -0.0550. The summed E-state index contributed by atoms with van der Waals surface area (Å²) in [5.74, 6) is -0.0550. The zero-order valence-corrected chi connectivity index (χ0v) is 12.1. The van der Waals surface area contributed by atoms with E-state index in [0.717, 1.165) is 18.0 Å². The van der Waals surface area contributed by atoms with Crippen molar-refractivity contribution in [1.82, 2.24) is 10.4 Å². The first-order valence-corrected chi connectivity index (χ1v) is 7.10. The topological polar surface area (TPSA) is 60.0 Å². The van der Waals surface area contributed by atoms with Gasteiger partial charge >= 0.3 is 0 Å². The molecule has 118 valence electrons. The fourth-order valence-electron chi connectivity index (χ4n) is 1.89. The molecule has 1 aliphatic heterocycles. The molecule has 1 heterocycles. The number of carbonyl (C=O) groups excluding carboxylic acids is 1. The molecule has 0 aliphatic carbocycles. The highest BCUT2D eigenvalue weighted by Crippen LogP contribution is 2.13. The van der Waals surface area contributed by atoms with E-state index >= 15 is 0 Å². The number of hydrogen-bond donors (Lipinski definition) is 1. The lowest BCUT2D eigenvalue weighted by molar-refractivity contribution is -0.119. The third-order valence-corrected chi connectivity index (χ3v) is 2.96. The molecule has 1 aliphatic rings. The highest BCUT2D eigenvalue weighted by molar-refractivity contribution is 5.72. The first-order chi connectivity index (χ1) is 9.68. The molecule has 0 aromatic heterocycles. The fourth-order valence-corrected chi connectivity index (χ4v) is 1.89. The molecule has 0 aromatic rings. The third kappa shape index (κ3) is 9.19. The van der Waals surface area contributed by atoms with Crippen molar-refractivity contribution in [2.24, 2.45) is 0 Å². The van der Waals surface area contributed by atoms with Gasteiger partial charge in [0.1, 0.15) is 0 Å². The van der Waals surface area contributed by atoms with Crippen LogP contribution in [0, 0.1) is 0 Å². The number of nitrogens with one attached hydrogen (secondary N) is 1. The summed E-state index contributed by atoms with van der Waals surface area (Å²) in [5.41, 5.74) is 0. The van der Waals surface area contributed by atoms with Gasteiger partial charge in [0, 0.05) is 26.6 Å². The minimum absolute atomic E-state index is 0.0550. The quantitative estimate of drug-likeness (QED) is 0.470. The van der Waals surface area contributed by atoms with Crippen LogP contribution in [-0.2, 0) is 19.0 Å². The smallest absolute Gasteiger partial charge is 0.216 e. The number of nitrogens with zero attached hydrogens (tertiary/aromatic N) is 1. The molecule has 6 nitrogen and oxygen atoms in total. The maximum absolute atomic E-state index is 12.7. The molecular formula is C13H25FN2O4. The van der Waals surface area contributed by atoms with Crippen LogP contribution in [0.15, 0.2) is 0 Å². The molecule has 0 radical (unpaired) electrons. The van der Waals surface area contributed by atoms with E-state index in [4.69, 9.17) is 14.2 Å². The van der Waals surface area contributed by atoms with E-state index in [1.165, 1.54) is 6.92 Å². The number of amides is 1. The molecule has 1 amide bonds. The number of piperidine rings is 1. The normalized spacial score (nSPS) is 17.3. The van der Waals surface area contributed by atoms with Crippen molar-refractivity contribution in [1.29, 1.82) is 0 Å². The summed E-state index contributed by atoms with van der Waals surface area (Å²) in [6.45, 7) is 5.44. The van der Waals surface area contributed by atoms with Gasteiger partial charge in [0.05, 0.1) is 39.1 Å². The van der Waals surface area contributed by atoms with Crippen molar-refractivity contribution in [3.8, 4) is 0 Å². The SMILES string of the molecule is CC(=O)NCCOCCOCCOC1CCN(F)CC1. The first kappa shape index (κ1) is 17.3. The molecule has 0 spiro atoms. The second-order valence-electron chi connectivity index (χ2n) is 4.69. The zero-order chi connectivity index (χ0) is 14.6. The molecule has 0 unspecified atom stereocenters. The summed E-state index contributed by atoms with van der Waals surface area (Å²) in [7, 11) is 0. The average molecular weight is 292 g/mol. The highest BCUT2D eigenvalue weighted by Gasteiger charge is 2.18. The van der Waals surface area contributed by atoms with E-state index in [9.17, 15) is 9.28 Å². The summed E-state index contributed by atoms with van der Waals surface area (Å²) in [4.78, 5) is 10.6. The van der Waals surface area contributed by atoms with Gasteiger partial charge < -0.3 is 19.5 Å². The molecule has 1 rings (SSSR count). The van der Waals surface area contributed by atoms with E-state index < -0.39 is 0 Å². The Morgan fingerprint density at radius 2 is 1.75 bits per heavy atom. The Balaban J connectivity index is 1.77. The van der Waals surface area contributed by atoms with Crippen molar-refractivity contribution < 1.29 is 23.5 Å². The molecular weight excluding hydrogens is 267 g/mol. The maximum atomic E-state index is 12.7. The number of carbonyl (C=O) groups is 1. The lowest BCUT2D eigenvalue weighted by Gasteiger charge is -2.25. The number of rotatable bonds is 10. The number of halogens is 1. The second-order valence-corrected chi connectivity index (χ2v) is 4.69. The van der Waals surface area contributed by atoms with E-state index in [2.05, 4.69) is 5.32 Å². The van der Waals surface area contributed by atoms with E-state index in [1.807, 2.05) is 0 Å². The van der Waals surface area contributed by atoms with E-state index in [0.29, 0.717) is 52.7 Å². The van der Waals surface area contributed by atoms with Gasteiger partial charge in [-0.1, -0.05) is 0 Å². The lowest BCUT2D eigenvalue weighted by Crippen LogP contribution is -2.32. The Morgan fingerprint density at radius 1 is 1.15 bits per heavy atom. The predicted octanol–water partition coefficient (Wildman–Crippen LogP) is 0.521. The first-order valence-electron chi connectivity index (χ1n) is 7.10. The van der Waals surface area contributed by atoms with Crippen LogP contribution in [0.3, 0.4) is 0 Å².